The highest BCUT2D eigenvalue weighted by atomic mass is 32.2. The fourth-order valence-electron chi connectivity index (χ4n) is 3.79. The zero-order chi connectivity index (χ0) is 23.4. The van der Waals surface area contributed by atoms with E-state index in [0.717, 1.165) is 20.8 Å². The molecule has 12 heteroatoms. The van der Waals surface area contributed by atoms with Crippen LogP contribution in [0.15, 0.2) is 39.0 Å². The van der Waals surface area contributed by atoms with Crippen molar-refractivity contribution in [3.8, 4) is 0 Å². The maximum Gasteiger partial charge on any atom is 0.332 e. The van der Waals surface area contributed by atoms with Crippen molar-refractivity contribution < 1.29 is 8.42 Å². The molecule has 0 amide bonds. The molecular weight excluding hydrogens is 434 g/mol. The summed E-state index contributed by atoms with van der Waals surface area (Å²) in [6.07, 6.45) is 2.36. The van der Waals surface area contributed by atoms with E-state index in [0.29, 0.717) is 29.0 Å². The zero-order valence-corrected chi connectivity index (χ0v) is 19.4. The quantitative estimate of drug-likeness (QED) is 0.414. The molecule has 3 heterocycles. The van der Waals surface area contributed by atoms with Gasteiger partial charge in [0.2, 0.25) is 10.0 Å². The van der Waals surface area contributed by atoms with E-state index in [9.17, 15) is 18.0 Å². The zero-order valence-electron chi connectivity index (χ0n) is 18.6. The highest BCUT2D eigenvalue weighted by molar-refractivity contribution is 7.89. The SMILES string of the molecule is CCCn1c(Cn2cnc3c2c(=O)n(C)c(=O)n3C)nc2cc(S(=O)(=O)N(C)C)ccc21. The summed E-state index contributed by atoms with van der Waals surface area (Å²) in [4.78, 5) is 34.1. The van der Waals surface area contributed by atoms with Gasteiger partial charge in [-0.3, -0.25) is 13.9 Å². The largest absolute Gasteiger partial charge is 0.332 e. The molecule has 0 spiro atoms. The minimum atomic E-state index is -3.59. The highest BCUT2D eigenvalue weighted by Gasteiger charge is 2.21. The summed E-state index contributed by atoms with van der Waals surface area (Å²) in [6.45, 7) is 2.96. The molecule has 0 saturated heterocycles. The summed E-state index contributed by atoms with van der Waals surface area (Å²) < 4.78 is 32.3. The molecule has 32 heavy (non-hydrogen) atoms. The topological polar surface area (TPSA) is 117 Å². The average molecular weight is 460 g/mol. The van der Waals surface area contributed by atoms with E-state index in [-0.39, 0.29) is 11.4 Å². The van der Waals surface area contributed by atoms with Crippen molar-refractivity contribution in [2.75, 3.05) is 14.1 Å². The smallest absolute Gasteiger partial charge is 0.326 e. The molecule has 0 aliphatic carbocycles. The normalized spacial score (nSPS) is 12.4. The standard InChI is InChI=1S/C20H25N7O4S/c1-6-9-27-15-8-7-13(32(30,31)23(2)3)10-14(15)22-16(27)11-26-12-21-18-17(26)19(28)25(5)20(29)24(18)4/h7-8,10,12H,6,9,11H2,1-5H3. The molecule has 4 rings (SSSR count). The predicted octanol–water partition coefficient (Wildman–Crippen LogP) is 0.492. The van der Waals surface area contributed by atoms with Crippen molar-refractivity contribution in [2.24, 2.45) is 14.1 Å². The van der Waals surface area contributed by atoms with Crippen LogP contribution in [0.4, 0.5) is 0 Å². The molecule has 4 aromatic rings. The summed E-state index contributed by atoms with van der Waals surface area (Å²) in [5, 5.41) is 0. The van der Waals surface area contributed by atoms with Gasteiger partial charge in [0.05, 0.1) is 28.8 Å². The first-order chi connectivity index (χ1) is 15.1. The van der Waals surface area contributed by atoms with Crippen LogP contribution < -0.4 is 11.2 Å². The monoisotopic (exact) mass is 459 g/mol. The van der Waals surface area contributed by atoms with Crippen molar-refractivity contribution in [2.45, 2.75) is 31.3 Å². The van der Waals surface area contributed by atoms with Crippen LogP contribution in [0.25, 0.3) is 22.2 Å². The van der Waals surface area contributed by atoms with Crippen LogP contribution in [0.3, 0.4) is 0 Å². The average Bonchev–Trinajstić information content (AvgIpc) is 3.32. The molecule has 0 fully saturated rings. The van der Waals surface area contributed by atoms with Crippen LogP contribution >= 0.6 is 0 Å². The van der Waals surface area contributed by atoms with Crippen LogP contribution in [0.1, 0.15) is 19.2 Å². The van der Waals surface area contributed by atoms with Gasteiger partial charge < -0.3 is 9.13 Å². The van der Waals surface area contributed by atoms with Gasteiger partial charge in [-0.15, -0.1) is 0 Å². The van der Waals surface area contributed by atoms with Crippen LogP contribution in [0.5, 0.6) is 0 Å². The molecule has 3 aromatic heterocycles. The number of sulfonamides is 1. The summed E-state index contributed by atoms with van der Waals surface area (Å²) in [5.74, 6) is 0.663. The Morgan fingerprint density at radius 1 is 1.09 bits per heavy atom. The van der Waals surface area contributed by atoms with E-state index >= 15 is 0 Å². The lowest BCUT2D eigenvalue weighted by molar-refractivity contribution is 0.521. The van der Waals surface area contributed by atoms with Gasteiger partial charge in [0.1, 0.15) is 5.82 Å². The van der Waals surface area contributed by atoms with Crippen molar-refractivity contribution in [1.82, 2.24) is 32.5 Å². The van der Waals surface area contributed by atoms with E-state index in [1.807, 2.05) is 11.5 Å². The van der Waals surface area contributed by atoms with E-state index in [1.54, 1.807) is 29.8 Å². The van der Waals surface area contributed by atoms with Crippen LogP contribution in [-0.4, -0.2) is 55.1 Å². The third-order valence-electron chi connectivity index (χ3n) is 5.55. The molecule has 170 valence electrons. The Bertz CT molecular complexity index is 1570. The first-order valence-electron chi connectivity index (χ1n) is 10.1. The Kier molecular flexibility index (Phi) is 5.29. The fraction of sp³-hybridized carbons (Fsp3) is 0.400. The number of fused-ring (bicyclic) bond motifs is 2. The molecule has 0 aliphatic rings. The molecule has 0 radical (unpaired) electrons. The van der Waals surface area contributed by atoms with E-state index in [4.69, 9.17) is 4.98 Å². The number of nitrogens with zero attached hydrogens (tertiary/aromatic N) is 7. The molecule has 0 N–H and O–H groups in total. The van der Waals surface area contributed by atoms with Crippen molar-refractivity contribution in [3.63, 3.8) is 0 Å². The van der Waals surface area contributed by atoms with E-state index in [2.05, 4.69) is 4.98 Å². The van der Waals surface area contributed by atoms with Gasteiger partial charge in [0, 0.05) is 34.7 Å². The Morgan fingerprint density at radius 3 is 2.47 bits per heavy atom. The summed E-state index contributed by atoms with van der Waals surface area (Å²) in [5.41, 5.74) is 1.10. The Labute approximate surface area is 184 Å². The Morgan fingerprint density at radius 2 is 1.81 bits per heavy atom. The molecular formula is C20H25N7O4S. The minimum absolute atomic E-state index is 0.166. The highest BCUT2D eigenvalue weighted by Crippen LogP contribution is 2.23. The van der Waals surface area contributed by atoms with Gasteiger partial charge >= 0.3 is 5.69 Å². The van der Waals surface area contributed by atoms with Gasteiger partial charge in [-0.1, -0.05) is 6.92 Å². The lowest BCUT2D eigenvalue weighted by Gasteiger charge is -2.11. The number of benzene rings is 1. The number of imidazole rings is 2. The van der Waals surface area contributed by atoms with Gasteiger partial charge in [-0.2, -0.15) is 0 Å². The second-order valence-corrected chi connectivity index (χ2v) is 10.0. The number of rotatable bonds is 6. The lowest BCUT2D eigenvalue weighted by Crippen LogP contribution is -2.37. The Balaban J connectivity index is 1.89. The van der Waals surface area contributed by atoms with Gasteiger partial charge in [-0.05, 0) is 24.6 Å². The molecule has 1 aromatic carbocycles. The second kappa shape index (κ2) is 7.71. The van der Waals surface area contributed by atoms with E-state index in [1.165, 1.54) is 32.0 Å². The van der Waals surface area contributed by atoms with Gasteiger partial charge in [-0.25, -0.2) is 27.5 Å². The summed E-state index contributed by atoms with van der Waals surface area (Å²) in [7, 11) is 2.38. The Hall–Kier alpha value is -3.25. The number of aromatic nitrogens is 6. The molecule has 0 aliphatic heterocycles. The van der Waals surface area contributed by atoms with E-state index < -0.39 is 21.3 Å². The van der Waals surface area contributed by atoms with Gasteiger partial charge in [0.25, 0.3) is 5.56 Å². The molecule has 0 bridgehead atoms. The molecule has 0 atom stereocenters. The number of hydrogen-bond acceptors (Lipinski definition) is 6. The van der Waals surface area contributed by atoms with Crippen LogP contribution in [0.2, 0.25) is 0 Å². The molecule has 0 saturated carbocycles. The van der Waals surface area contributed by atoms with Crippen molar-refractivity contribution in [3.05, 3.63) is 51.2 Å². The molecule has 11 nitrogen and oxygen atoms in total. The van der Waals surface area contributed by atoms with Crippen LogP contribution in [-0.2, 0) is 37.2 Å². The lowest BCUT2D eigenvalue weighted by atomic mass is 10.3. The third kappa shape index (κ3) is 3.26. The van der Waals surface area contributed by atoms with Crippen LogP contribution in [0, 0.1) is 0 Å². The number of hydrogen-bond donors (Lipinski definition) is 0. The predicted molar refractivity (Wildman–Crippen MR) is 120 cm³/mol. The molecule has 0 unspecified atom stereocenters. The van der Waals surface area contributed by atoms with Crippen molar-refractivity contribution >= 4 is 32.2 Å². The summed E-state index contributed by atoms with van der Waals surface area (Å²) >= 11 is 0. The second-order valence-electron chi connectivity index (χ2n) is 7.87. The fourth-order valence-corrected chi connectivity index (χ4v) is 4.72. The number of aryl methyl sites for hydroxylation is 2. The summed E-state index contributed by atoms with van der Waals surface area (Å²) in [6, 6.07) is 4.90. The maximum atomic E-state index is 12.8. The minimum Gasteiger partial charge on any atom is -0.326 e. The third-order valence-corrected chi connectivity index (χ3v) is 7.36. The first-order valence-corrected chi connectivity index (χ1v) is 11.5. The van der Waals surface area contributed by atoms with Gasteiger partial charge in [0.15, 0.2) is 11.2 Å². The first kappa shape index (κ1) is 22.0. The van der Waals surface area contributed by atoms with Crippen molar-refractivity contribution in [1.29, 1.82) is 0 Å². The maximum absolute atomic E-state index is 12.8.